The van der Waals surface area contributed by atoms with Gasteiger partial charge in [-0.15, -0.1) is 0 Å². The number of hydrazone groups is 1. The molecule has 3 aromatic rings. The second-order valence-corrected chi connectivity index (χ2v) is 8.83. The smallest absolute Gasteiger partial charge is 0.255 e. The normalized spacial score (nSPS) is 11.8. The molecule has 0 bridgehead atoms. The van der Waals surface area contributed by atoms with E-state index in [1.54, 1.807) is 48.5 Å². The molecule has 2 aromatic carbocycles. The van der Waals surface area contributed by atoms with Gasteiger partial charge in [0.15, 0.2) is 0 Å². The van der Waals surface area contributed by atoms with Crippen LogP contribution in [-0.4, -0.2) is 31.4 Å². The largest absolute Gasteiger partial charge is 0.463 e. The first-order valence-corrected chi connectivity index (χ1v) is 10.8. The standard InChI is InChI=1S/C21H20ClN3O4S/c1-16-8-10-19(11-9-16)30(27,28)25(14-17-5-2-3-7-20(17)22)15-21(26)24-23-13-18-6-4-12-29-18/h2-13H,14-15H2,1H3,(H,24,26)/b23-13-. The summed E-state index contributed by atoms with van der Waals surface area (Å²) in [6.07, 6.45) is 2.80. The van der Waals surface area contributed by atoms with Crippen molar-refractivity contribution in [3.05, 3.63) is 88.8 Å². The monoisotopic (exact) mass is 445 g/mol. The third kappa shape index (κ3) is 5.56. The van der Waals surface area contributed by atoms with E-state index in [4.69, 9.17) is 16.0 Å². The van der Waals surface area contributed by atoms with Crippen LogP contribution < -0.4 is 5.43 Å². The molecule has 1 N–H and O–H groups in total. The van der Waals surface area contributed by atoms with E-state index in [1.165, 1.54) is 24.6 Å². The molecule has 0 radical (unpaired) electrons. The molecule has 0 saturated heterocycles. The van der Waals surface area contributed by atoms with E-state index in [-0.39, 0.29) is 11.4 Å². The van der Waals surface area contributed by atoms with E-state index < -0.39 is 22.5 Å². The van der Waals surface area contributed by atoms with Crippen molar-refractivity contribution in [2.24, 2.45) is 5.10 Å². The Morgan fingerprint density at radius 2 is 1.87 bits per heavy atom. The minimum absolute atomic E-state index is 0.0643. The number of nitrogens with one attached hydrogen (secondary N) is 1. The van der Waals surface area contributed by atoms with Crippen LogP contribution in [0.1, 0.15) is 16.9 Å². The molecule has 0 aliphatic rings. The van der Waals surface area contributed by atoms with Gasteiger partial charge in [0, 0.05) is 11.6 Å². The van der Waals surface area contributed by atoms with Crippen LogP contribution in [0.15, 0.2) is 81.3 Å². The number of carbonyl (C=O) groups is 1. The van der Waals surface area contributed by atoms with Gasteiger partial charge in [0.1, 0.15) is 5.76 Å². The number of halogens is 1. The van der Waals surface area contributed by atoms with Crippen molar-refractivity contribution in [1.29, 1.82) is 0 Å². The number of nitrogens with zero attached hydrogens (tertiary/aromatic N) is 2. The zero-order valence-corrected chi connectivity index (χ0v) is 17.7. The summed E-state index contributed by atoms with van der Waals surface area (Å²) < 4.78 is 32.6. The highest BCUT2D eigenvalue weighted by atomic mass is 35.5. The number of amides is 1. The summed E-state index contributed by atoms with van der Waals surface area (Å²) in [4.78, 5) is 12.5. The molecule has 9 heteroatoms. The van der Waals surface area contributed by atoms with E-state index in [1.807, 2.05) is 6.92 Å². The molecule has 0 aliphatic heterocycles. The molecular weight excluding hydrogens is 426 g/mol. The van der Waals surface area contributed by atoms with Crippen molar-refractivity contribution in [2.75, 3.05) is 6.54 Å². The van der Waals surface area contributed by atoms with Crippen LogP contribution in [0.5, 0.6) is 0 Å². The SMILES string of the molecule is Cc1ccc(S(=O)(=O)N(CC(=O)N/N=C\c2ccco2)Cc2ccccc2Cl)cc1. The van der Waals surface area contributed by atoms with E-state index >= 15 is 0 Å². The molecule has 1 heterocycles. The van der Waals surface area contributed by atoms with Crippen LogP contribution in [0.25, 0.3) is 0 Å². The lowest BCUT2D eigenvalue weighted by Gasteiger charge is -2.22. The van der Waals surface area contributed by atoms with Gasteiger partial charge in [-0.05, 0) is 42.8 Å². The van der Waals surface area contributed by atoms with E-state index in [9.17, 15) is 13.2 Å². The molecule has 1 aromatic heterocycles. The van der Waals surface area contributed by atoms with Crippen molar-refractivity contribution >= 4 is 33.7 Å². The van der Waals surface area contributed by atoms with Gasteiger partial charge in [0.2, 0.25) is 10.0 Å². The van der Waals surface area contributed by atoms with Gasteiger partial charge in [0.05, 0.1) is 23.9 Å². The lowest BCUT2D eigenvalue weighted by molar-refractivity contribution is -0.121. The Labute approximate surface area is 180 Å². The Bertz CT molecular complexity index is 1130. The topological polar surface area (TPSA) is 92.0 Å². The van der Waals surface area contributed by atoms with Crippen LogP contribution in [-0.2, 0) is 21.4 Å². The fraction of sp³-hybridized carbons (Fsp3) is 0.143. The van der Waals surface area contributed by atoms with E-state index in [2.05, 4.69) is 10.5 Å². The second-order valence-electron chi connectivity index (χ2n) is 6.49. The van der Waals surface area contributed by atoms with Gasteiger partial charge in [-0.3, -0.25) is 4.79 Å². The van der Waals surface area contributed by atoms with Crippen molar-refractivity contribution in [2.45, 2.75) is 18.4 Å². The fourth-order valence-corrected chi connectivity index (χ4v) is 4.20. The highest BCUT2D eigenvalue weighted by Gasteiger charge is 2.27. The minimum Gasteiger partial charge on any atom is -0.463 e. The Morgan fingerprint density at radius 3 is 2.53 bits per heavy atom. The molecule has 7 nitrogen and oxygen atoms in total. The van der Waals surface area contributed by atoms with Crippen LogP contribution in [0.2, 0.25) is 5.02 Å². The highest BCUT2D eigenvalue weighted by Crippen LogP contribution is 2.22. The number of sulfonamides is 1. The molecule has 30 heavy (non-hydrogen) atoms. The maximum Gasteiger partial charge on any atom is 0.255 e. The Morgan fingerprint density at radius 1 is 1.13 bits per heavy atom. The second kappa shape index (κ2) is 9.71. The first-order valence-electron chi connectivity index (χ1n) is 9.02. The zero-order chi connectivity index (χ0) is 21.6. The number of rotatable bonds is 8. The molecule has 0 spiro atoms. The average Bonchev–Trinajstić information content (AvgIpc) is 3.23. The first-order chi connectivity index (χ1) is 14.4. The number of benzene rings is 2. The maximum atomic E-state index is 13.2. The summed E-state index contributed by atoms with van der Waals surface area (Å²) in [7, 11) is -3.95. The Kier molecular flexibility index (Phi) is 7.04. The highest BCUT2D eigenvalue weighted by molar-refractivity contribution is 7.89. The number of aryl methyl sites for hydroxylation is 1. The predicted octanol–water partition coefficient (Wildman–Crippen LogP) is 3.58. The summed E-state index contributed by atoms with van der Waals surface area (Å²) in [5.74, 6) is -0.143. The van der Waals surface area contributed by atoms with E-state index in [0.29, 0.717) is 16.3 Å². The summed E-state index contributed by atoms with van der Waals surface area (Å²) >= 11 is 6.21. The van der Waals surface area contributed by atoms with Crippen LogP contribution >= 0.6 is 11.6 Å². The number of furan rings is 1. The van der Waals surface area contributed by atoms with Crippen molar-refractivity contribution in [3.8, 4) is 0 Å². The maximum absolute atomic E-state index is 13.2. The van der Waals surface area contributed by atoms with Gasteiger partial charge >= 0.3 is 0 Å². The average molecular weight is 446 g/mol. The van der Waals surface area contributed by atoms with Gasteiger partial charge < -0.3 is 4.42 Å². The van der Waals surface area contributed by atoms with Gasteiger partial charge in [-0.1, -0.05) is 47.5 Å². The van der Waals surface area contributed by atoms with Crippen LogP contribution in [0, 0.1) is 6.92 Å². The molecule has 156 valence electrons. The summed E-state index contributed by atoms with van der Waals surface area (Å²) in [6, 6.07) is 16.7. The molecular formula is C21H20ClN3O4S. The lowest BCUT2D eigenvalue weighted by atomic mass is 10.2. The lowest BCUT2D eigenvalue weighted by Crippen LogP contribution is -2.39. The van der Waals surface area contributed by atoms with Gasteiger partial charge in [-0.25, -0.2) is 13.8 Å². The predicted molar refractivity (Wildman–Crippen MR) is 115 cm³/mol. The summed E-state index contributed by atoms with van der Waals surface area (Å²) in [5.41, 5.74) is 3.83. The molecule has 0 atom stereocenters. The van der Waals surface area contributed by atoms with Gasteiger partial charge in [0.25, 0.3) is 5.91 Å². The number of carbonyl (C=O) groups excluding carboxylic acids is 1. The summed E-state index contributed by atoms with van der Waals surface area (Å²) in [6.45, 7) is 1.37. The van der Waals surface area contributed by atoms with Gasteiger partial charge in [-0.2, -0.15) is 9.41 Å². The Hall–Kier alpha value is -2.94. The van der Waals surface area contributed by atoms with Crippen LogP contribution in [0.3, 0.4) is 0 Å². The minimum atomic E-state index is -3.95. The molecule has 3 rings (SSSR count). The molecule has 1 amide bonds. The Balaban J connectivity index is 1.82. The van der Waals surface area contributed by atoms with Crippen molar-refractivity contribution in [1.82, 2.24) is 9.73 Å². The third-order valence-corrected chi connectivity index (χ3v) is 6.38. The zero-order valence-electron chi connectivity index (χ0n) is 16.2. The third-order valence-electron chi connectivity index (χ3n) is 4.21. The molecule has 0 saturated carbocycles. The number of hydrogen-bond acceptors (Lipinski definition) is 5. The first kappa shape index (κ1) is 21.8. The van der Waals surface area contributed by atoms with E-state index in [0.717, 1.165) is 9.87 Å². The molecule has 0 unspecified atom stereocenters. The molecule has 0 aliphatic carbocycles. The van der Waals surface area contributed by atoms with Crippen molar-refractivity contribution < 1.29 is 17.6 Å². The summed E-state index contributed by atoms with van der Waals surface area (Å²) in [5, 5.41) is 4.21. The van der Waals surface area contributed by atoms with Crippen molar-refractivity contribution in [3.63, 3.8) is 0 Å². The number of hydrogen-bond donors (Lipinski definition) is 1. The quantitative estimate of drug-likeness (QED) is 0.423. The van der Waals surface area contributed by atoms with Crippen LogP contribution in [0.4, 0.5) is 0 Å². The fourth-order valence-electron chi connectivity index (χ4n) is 2.63. The molecule has 0 fully saturated rings.